The molecule has 0 saturated carbocycles. The molecular formula is C23H24IrNO2-. The van der Waals surface area contributed by atoms with Gasteiger partial charge in [-0.3, -0.25) is 9.78 Å². The number of carbonyl (C=O) groups excluding carboxylic acids is 1. The van der Waals surface area contributed by atoms with Gasteiger partial charge in [0.1, 0.15) is 0 Å². The third kappa shape index (κ3) is 6.42. The number of pyridine rings is 1. The third-order valence-electron chi connectivity index (χ3n) is 3.90. The van der Waals surface area contributed by atoms with E-state index in [0.29, 0.717) is 0 Å². The van der Waals surface area contributed by atoms with Crippen LogP contribution in [0.25, 0.3) is 22.2 Å². The van der Waals surface area contributed by atoms with Crippen molar-refractivity contribution >= 4 is 16.7 Å². The standard InChI is InChI=1S/C18H16N.C5H8O2.Ir/c1-12-8-9-16-14(3)11-18(19-17(16)10-12)15-7-5-4-6-13(15)2;1-4(6)3-5(2)7;/h4-6,8-11H,1-3H3;3,6H,1-2H3;/q-1;;/b;4-3-;. The van der Waals surface area contributed by atoms with Crippen LogP contribution in [0.15, 0.2) is 54.3 Å². The zero-order valence-electron chi connectivity index (χ0n) is 16.3. The number of allylic oxidation sites excluding steroid dienone is 2. The second kappa shape index (κ2) is 10.1. The van der Waals surface area contributed by atoms with Crippen LogP contribution >= 0.6 is 0 Å². The minimum Gasteiger partial charge on any atom is -0.512 e. The molecular weight excluding hydrogens is 514 g/mol. The molecule has 1 radical (unpaired) electrons. The minimum atomic E-state index is -0.125. The van der Waals surface area contributed by atoms with Crippen molar-refractivity contribution in [2.75, 3.05) is 0 Å². The number of hydrogen-bond acceptors (Lipinski definition) is 3. The average molecular weight is 539 g/mol. The number of hydrogen-bond donors (Lipinski definition) is 1. The molecule has 2 aromatic carbocycles. The number of carbonyl (C=O) groups is 1. The van der Waals surface area contributed by atoms with Crippen molar-refractivity contribution in [3.63, 3.8) is 0 Å². The van der Waals surface area contributed by atoms with Crippen LogP contribution in [0.4, 0.5) is 0 Å². The normalized spacial score (nSPS) is 10.6. The maximum Gasteiger partial charge on any atom is 0.155 e. The largest absolute Gasteiger partial charge is 0.512 e. The minimum absolute atomic E-state index is 0. The topological polar surface area (TPSA) is 50.2 Å². The summed E-state index contributed by atoms with van der Waals surface area (Å²) in [5, 5.41) is 9.59. The number of ketones is 1. The predicted molar refractivity (Wildman–Crippen MR) is 107 cm³/mol. The van der Waals surface area contributed by atoms with Gasteiger partial charge in [0, 0.05) is 31.6 Å². The zero-order chi connectivity index (χ0) is 19.3. The Morgan fingerprint density at radius 3 is 2.33 bits per heavy atom. The Labute approximate surface area is 174 Å². The van der Waals surface area contributed by atoms with Gasteiger partial charge >= 0.3 is 0 Å². The number of fused-ring (bicyclic) bond motifs is 1. The zero-order valence-corrected chi connectivity index (χ0v) is 18.6. The Hall–Kier alpha value is -2.29. The van der Waals surface area contributed by atoms with Crippen LogP contribution in [-0.2, 0) is 24.9 Å². The molecule has 0 unspecified atom stereocenters. The van der Waals surface area contributed by atoms with Gasteiger partial charge in [-0.25, -0.2) is 0 Å². The Morgan fingerprint density at radius 1 is 1.07 bits per heavy atom. The molecule has 0 aliphatic carbocycles. The summed E-state index contributed by atoms with van der Waals surface area (Å²) in [5.74, 6) is -0.0625. The second-order valence-electron chi connectivity index (χ2n) is 6.47. The molecule has 0 aliphatic heterocycles. The van der Waals surface area contributed by atoms with E-state index in [1.165, 1.54) is 42.0 Å². The van der Waals surface area contributed by atoms with Crippen molar-refractivity contribution < 1.29 is 30.0 Å². The average Bonchev–Trinajstić information content (AvgIpc) is 2.54. The molecule has 0 atom stereocenters. The molecule has 3 aromatic rings. The summed E-state index contributed by atoms with van der Waals surface area (Å²) in [4.78, 5) is 14.8. The Bertz CT molecular complexity index is 973. The maximum atomic E-state index is 10.0. The molecule has 0 bridgehead atoms. The first-order valence-corrected chi connectivity index (χ1v) is 8.51. The van der Waals surface area contributed by atoms with Gasteiger partial charge in [-0.1, -0.05) is 25.1 Å². The van der Waals surface area contributed by atoms with E-state index in [0.717, 1.165) is 16.8 Å². The molecule has 0 saturated heterocycles. The van der Waals surface area contributed by atoms with E-state index in [2.05, 4.69) is 57.2 Å². The van der Waals surface area contributed by atoms with E-state index in [1.807, 2.05) is 12.1 Å². The van der Waals surface area contributed by atoms with Crippen LogP contribution < -0.4 is 0 Å². The van der Waals surface area contributed by atoms with Crippen molar-refractivity contribution in [2.24, 2.45) is 0 Å². The number of rotatable bonds is 2. The molecule has 1 heterocycles. The summed E-state index contributed by atoms with van der Waals surface area (Å²) in [5.41, 5.74) is 6.87. The molecule has 0 amide bonds. The fraction of sp³-hybridized carbons (Fsp3) is 0.217. The van der Waals surface area contributed by atoms with Gasteiger partial charge in [0.05, 0.1) is 11.3 Å². The molecule has 0 spiro atoms. The van der Waals surface area contributed by atoms with E-state index in [4.69, 9.17) is 10.1 Å². The molecule has 143 valence electrons. The molecule has 1 N–H and O–H groups in total. The fourth-order valence-corrected chi connectivity index (χ4v) is 2.73. The van der Waals surface area contributed by atoms with Crippen molar-refractivity contribution in [2.45, 2.75) is 34.6 Å². The van der Waals surface area contributed by atoms with Gasteiger partial charge in [0.25, 0.3) is 0 Å². The summed E-state index contributed by atoms with van der Waals surface area (Å²) in [6.07, 6.45) is 1.17. The molecule has 4 heteroatoms. The first-order chi connectivity index (χ1) is 12.3. The first kappa shape index (κ1) is 22.7. The Balaban J connectivity index is 0.000000395. The van der Waals surface area contributed by atoms with Crippen LogP contribution in [0, 0.1) is 26.8 Å². The fourth-order valence-electron chi connectivity index (χ4n) is 2.73. The van der Waals surface area contributed by atoms with Crippen LogP contribution in [0.2, 0.25) is 0 Å². The molecule has 3 rings (SSSR count). The Morgan fingerprint density at radius 2 is 1.78 bits per heavy atom. The van der Waals surface area contributed by atoms with E-state index >= 15 is 0 Å². The molecule has 27 heavy (non-hydrogen) atoms. The molecule has 0 aliphatic rings. The van der Waals surface area contributed by atoms with Crippen LogP contribution in [0.3, 0.4) is 0 Å². The Kier molecular flexibility index (Phi) is 8.55. The van der Waals surface area contributed by atoms with Crippen LogP contribution in [0.5, 0.6) is 0 Å². The number of benzene rings is 2. The summed E-state index contributed by atoms with van der Waals surface area (Å²) in [6.45, 7) is 9.19. The number of aromatic nitrogens is 1. The van der Waals surface area contributed by atoms with Crippen molar-refractivity contribution in [3.05, 3.63) is 77.1 Å². The number of aryl methyl sites for hydroxylation is 3. The van der Waals surface area contributed by atoms with Crippen LogP contribution in [-0.4, -0.2) is 15.9 Å². The summed E-state index contributed by atoms with van der Waals surface area (Å²) >= 11 is 0. The van der Waals surface area contributed by atoms with Crippen molar-refractivity contribution in [1.29, 1.82) is 0 Å². The maximum absolute atomic E-state index is 10.0. The molecule has 1 aromatic heterocycles. The SMILES string of the molecule is CC(=O)/C=C(/C)O.Cc1ccc2c(C)cc(-c3[c-]cccc3C)nc2c1.[Ir]. The second-order valence-corrected chi connectivity index (χ2v) is 6.47. The quantitative estimate of drug-likeness (QED) is 0.260. The van der Waals surface area contributed by atoms with Crippen LogP contribution in [0.1, 0.15) is 30.5 Å². The van der Waals surface area contributed by atoms with Gasteiger partial charge in [-0.15, -0.1) is 35.4 Å². The van der Waals surface area contributed by atoms with E-state index in [9.17, 15) is 4.79 Å². The number of nitrogens with zero attached hydrogens (tertiary/aromatic N) is 1. The third-order valence-corrected chi connectivity index (χ3v) is 3.90. The predicted octanol–water partition coefficient (Wildman–Crippen LogP) is 5.66. The first-order valence-electron chi connectivity index (χ1n) is 8.51. The summed E-state index contributed by atoms with van der Waals surface area (Å²) in [7, 11) is 0. The van der Waals surface area contributed by atoms with Crippen molar-refractivity contribution in [3.8, 4) is 11.3 Å². The van der Waals surface area contributed by atoms with E-state index in [-0.39, 0.29) is 31.6 Å². The molecule has 3 nitrogen and oxygen atoms in total. The van der Waals surface area contributed by atoms with Gasteiger partial charge in [0.2, 0.25) is 0 Å². The smallest absolute Gasteiger partial charge is 0.155 e. The van der Waals surface area contributed by atoms with Gasteiger partial charge in [-0.2, -0.15) is 0 Å². The van der Waals surface area contributed by atoms with E-state index < -0.39 is 0 Å². The van der Waals surface area contributed by atoms with Gasteiger partial charge < -0.3 is 5.11 Å². The monoisotopic (exact) mass is 539 g/mol. The molecule has 0 fully saturated rings. The number of aliphatic hydroxyl groups excluding tert-OH is 1. The van der Waals surface area contributed by atoms with Gasteiger partial charge in [-0.05, 0) is 50.6 Å². The summed E-state index contributed by atoms with van der Waals surface area (Å²) in [6, 6.07) is 17.9. The van der Waals surface area contributed by atoms with Gasteiger partial charge in [0.15, 0.2) is 5.78 Å². The number of aliphatic hydroxyl groups is 1. The van der Waals surface area contributed by atoms with E-state index in [1.54, 1.807) is 0 Å². The van der Waals surface area contributed by atoms with Crippen molar-refractivity contribution in [1.82, 2.24) is 4.98 Å². The summed E-state index contributed by atoms with van der Waals surface area (Å²) < 4.78 is 0.